The molecule has 3 aromatic rings. The van der Waals surface area contributed by atoms with Crippen LogP contribution in [0, 0.1) is 5.92 Å². The summed E-state index contributed by atoms with van der Waals surface area (Å²) < 4.78 is 19.0. The number of benzene rings is 3. The quantitative estimate of drug-likeness (QED) is 0.209. The Hall–Kier alpha value is -2.23. The monoisotopic (exact) mass is 536 g/mol. The predicted molar refractivity (Wildman–Crippen MR) is 159 cm³/mol. The van der Waals surface area contributed by atoms with E-state index in [0.29, 0.717) is 6.61 Å². The highest BCUT2D eigenvalue weighted by Gasteiger charge is 2.32. The molecule has 0 saturated heterocycles. The van der Waals surface area contributed by atoms with Crippen LogP contribution in [0.25, 0.3) is 0 Å². The van der Waals surface area contributed by atoms with Gasteiger partial charge in [-0.2, -0.15) is 0 Å². The van der Waals surface area contributed by atoms with Gasteiger partial charge < -0.3 is 14.2 Å². The van der Waals surface area contributed by atoms with E-state index in [1.807, 2.05) is 13.0 Å². The molecule has 3 rings (SSSR count). The van der Waals surface area contributed by atoms with Crippen LogP contribution in [0.5, 0.6) is 5.75 Å². The zero-order valence-corrected chi connectivity index (χ0v) is 25.0. The smallest absolute Gasteiger partial charge is 0.397 e. The maximum Gasteiger partial charge on any atom is 0.397 e. The molecule has 3 atom stereocenters. The molecule has 0 fully saturated rings. The van der Waals surface area contributed by atoms with Gasteiger partial charge in [-0.15, -0.1) is 0 Å². The van der Waals surface area contributed by atoms with Gasteiger partial charge in [0.1, 0.15) is 5.75 Å². The molecule has 0 bridgehead atoms. The minimum absolute atomic E-state index is 0.00261. The van der Waals surface area contributed by atoms with Gasteiger partial charge in [0.15, 0.2) is 0 Å². The van der Waals surface area contributed by atoms with E-state index in [9.17, 15) is 5.11 Å². The summed E-state index contributed by atoms with van der Waals surface area (Å²) in [4.78, 5) is 0. The van der Waals surface area contributed by atoms with Gasteiger partial charge in [-0.25, -0.2) is 0 Å². The fourth-order valence-electron chi connectivity index (χ4n) is 4.36. The summed E-state index contributed by atoms with van der Waals surface area (Å²) in [6.45, 7) is 15.7. The molecule has 0 aliphatic rings. The Morgan fingerprint density at radius 1 is 0.763 bits per heavy atom. The molecule has 0 aromatic heterocycles. The van der Waals surface area contributed by atoms with Crippen molar-refractivity contribution in [1.29, 1.82) is 0 Å². The first kappa shape index (κ1) is 30.3. The molecule has 0 radical (unpaired) electrons. The van der Waals surface area contributed by atoms with Crippen molar-refractivity contribution in [1.82, 2.24) is 0 Å². The molecule has 0 amide bonds. The van der Waals surface area contributed by atoms with Gasteiger partial charge in [0, 0.05) is 28.9 Å². The highest BCUT2D eigenvalue weighted by atomic mass is 31.2. The standard InChI is InChI=1S/C33H45O4P/c1-8-25(3)36-38(35-24-26(9-2)23-34)37-31-21-20-29(32(4,5)27-16-12-10-13-17-27)22-30(31)33(6,7)28-18-14-11-15-19-28/h10-22,25-26,34H,8-9,23-24H2,1-7H3. The Balaban J connectivity index is 2.06. The van der Waals surface area contributed by atoms with Gasteiger partial charge >= 0.3 is 8.60 Å². The number of rotatable bonds is 14. The summed E-state index contributed by atoms with van der Waals surface area (Å²) in [5.41, 5.74) is 4.26. The van der Waals surface area contributed by atoms with Crippen LogP contribution in [-0.4, -0.2) is 24.4 Å². The van der Waals surface area contributed by atoms with Gasteiger partial charge in [0.2, 0.25) is 0 Å². The molecular formula is C33H45O4P. The Bertz CT molecular complexity index is 1110. The molecule has 5 heteroatoms. The summed E-state index contributed by atoms with van der Waals surface area (Å²) in [7, 11) is -1.65. The van der Waals surface area contributed by atoms with E-state index in [-0.39, 0.29) is 29.5 Å². The zero-order chi connectivity index (χ0) is 27.8. The van der Waals surface area contributed by atoms with Crippen molar-refractivity contribution in [2.24, 2.45) is 5.92 Å². The first-order valence-corrected chi connectivity index (χ1v) is 14.9. The molecule has 206 valence electrons. The van der Waals surface area contributed by atoms with Crippen LogP contribution in [0.4, 0.5) is 0 Å². The molecule has 0 heterocycles. The van der Waals surface area contributed by atoms with Crippen LogP contribution in [0.1, 0.15) is 83.6 Å². The van der Waals surface area contributed by atoms with Crippen molar-refractivity contribution in [3.05, 3.63) is 101 Å². The molecule has 3 unspecified atom stereocenters. The third-order valence-corrected chi connectivity index (χ3v) is 8.87. The van der Waals surface area contributed by atoms with Crippen LogP contribution >= 0.6 is 8.60 Å². The maximum absolute atomic E-state index is 9.68. The SMILES string of the molecule is CCC(CO)COP(Oc1ccc(C(C)(C)c2ccccc2)cc1C(C)(C)c1ccccc1)OC(C)CC. The first-order chi connectivity index (χ1) is 18.1. The van der Waals surface area contributed by atoms with Crippen LogP contribution in [0.15, 0.2) is 78.9 Å². The molecule has 0 spiro atoms. The molecule has 0 aliphatic heterocycles. The van der Waals surface area contributed by atoms with Crippen LogP contribution in [0.3, 0.4) is 0 Å². The van der Waals surface area contributed by atoms with Gasteiger partial charge in [-0.05, 0) is 42.5 Å². The molecule has 0 aliphatic carbocycles. The second kappa shape index (κ2) is 13.7. The average molecular weight is 537 g/mol. The van der Waals surface area contributed by atoms with Crippen molar-refractivity contribution < 1.29 is 18.7 Å². The number of hydrogen-bond donors (Lipinski definition) is 1. The van der Waals surface area contributed by atoms with E-state index in [4.69, 9.17) is 13.6 Å². The molecule has 4 nitrogen and oxygen atoms in total. The molecule has 1 N–H and O–H groups in total. The Labute approximate surface area is 231 Å². The summed E-state index contributed by atoms with van der Waals surface area (Å²) in [5, 5.41) is 9.68. The van der Waals surface area contributed by atoms with Crippen molar-refractivity contribution in [3.63, 3.8) is 0 Å². The Morgan fingerprint density at radius 3 is 1.87 bits per heavy atom. The number of aliphatic hydroxyl groups excluding tert-OH is 1. The van der Waals surface area contributed by atoms with Crippen LogP contribution < -0.4 is 4.52 Å². The van der Waals surface area contributed by atoms with E-state index in [0.717, 1.165) is 24.2 Å². The fourth-order valence-corrected chi connectivity index (χ4v) is 5.62. The normalized spacial score (nSPS) is 14.6. The average Bonchev–Trinajstić information content (AvgIpc) is 2.94. The second-order valence-electron chi connectivity index (χ2n) is 11.1. The lowest BCUT2D eigenvalue weighted by Crippen LogP contribution is -2.24. The van der Waals surface area contributed by atoms with Gasteiger partial charge in [-0.1, -0.05) is 114 Å². The van der Waals surface area contributed by atoms with Crippen molar-refractivity contribution in [2.75, 3.05) is 13.2 Å². The molecule has 3 aromatic carbocycles. The summed E-state index contributed by atoms with van der Waals surface area (Å²) >= 11 is 0. The van der Waals surface area contributed by atoms with Crippen molar-refractivity contribution in [2.45, 2.75) is 78.2 Å². The maximum atomic E-state index is 9.68. The van der Waals surface area contributed by atoms with E-state index in [1.165, 1.54) is 16.7 Å². The van der Waals surface area contributed by atoms with Gasteiger partial charge in [0.05, 0.1) is 12.7 Å². The van der Waals surface area contributed by atoms with Crippen molar-refractivity contribution in [3.8, 4) is 5.75 Å². The summed E-state index contributed by atoms with van der Waals surface area (Å²) in [6, 6.07) is 27.7. The molecule has 0 saturated carbocycles. The highest BCUT2D eigenvalue weighted by molar-refractivity contribution is 7.42. The second-order valence-corrected chi connectivity index (χ2v) is 12.2. The third kappa shape index (κ3) is 7.45. The Morgan fingerprint density at radius 2 is 1.34 bits per heavy atom. The number of hydrogen-bond acceptors (Lipinski definition) is 4. The highest BCUT2D eigenvalue weighted by Crippen LogP contribution is 2.48. The summed E-state index contributed by atoms with van der Waals surface area (Å²) in [6.07, 6.45) is 1.69. The van der Waals surface area contributed by atoms with Crippen LogP contribution in [-0.2, 0) is 19.9 Å². The predicted octanol–water partition coefficient (Wildman–Crippen LogP) is 8.79. The molecular weight excluding hydrogens is 491 g/mol. The topological polar surface area (TPSA) is 47.9 Å². The minimum Gasteiger partial charge on any atom is -0.426 e. The summed E-state index contributed by atoms with van der Waals surface area (Å²) in [5.74, 6) is 0.816. The fraction of sp³-hybridized carbons (Fsp3) is 0.455. The molecule has 38 heavy (non-hydrogen) atoms. The van der Waals surface area contributed by atoms with Gasteiger partial charge in [-0.3, -0.25) is 4.52 Å². The lowest BCUT2D eigenvalue weighted by molar-refractivity contribution is 0.118. The van der Waals surface area contributed by atoms with E-state index < -0.39 is 8.60 Å². The van der Waals surface area contributed by atoms with E-state index in [2.05, 4.69) is 114 Å². The van der Waals surface area contributed by atoms with E-state index >= 15 is 0 Å². The largest absolute Gasteiger partial charge is 0.426 e. The third-order valence-electron chi connectivity index (χ3n) is 7.63. The first-order valence-electron chi connectivity index (χ1n) is 13.8. The van der Waals surface area contributed by atoms with Crippen LogP contribution in [0.2, 0.25) is 0 Å². The van der Waals surface area contributed by atoms with Gasteiger partial charge in [0.25, 0.3) is 0 Å². The Kier molecular flexibility index (Phi) is 10.9. The van der Waals surface area contributed by atoms with Crippen molar-refractivity contribution >= 4 is 8.60 Å². The number of aliphatic hydroxyl groups is 1. The lowest BCUT2D eigenvalue weighted by atomic mass is 9.73. The zero-order valence-electron chi connectivity index (χ0n) is 24.1. The lowest BCUT2D eigenvalue weighted by Gasteiger charge is -2.33. The minimum atomic E-state index is -1.65. The van der Waals surface area contributed by atoms with E-state index in [1.54, 1.807) is 0 Å².